The monoisotopic (exact) mass is 304 g/mol. The maximum absolute atomic E-state index is 9.38. The van der Waals surface area contributed by atoms with Gasteiger partial charge in [0.25, 0.3) is 0 Å². The molecule has 0 N–H and O–H groups in total. The van der Waals surface area contributed by atoms with E-state index in [9.17, 15) is 5.26 Å². The smallest absolute Gasteiger partial charge is 0.191 e. The molecule has 0 saturated carbocycles. The van der Waals surface area contributed by atoms with E-state index in [0.717, 1.165) is 22.6 Å². The molecule has 1 aromatic heterocycles. The van der Waals surface area contributed by atoms with Crippen LogP contribution < -0.4 is 4.74 Å². The molecule has 0 aliphatic carbocycles. The number of methoxy groups -OCH3 is 1. The molecule has 0 unspecified atom stereocenters. The van der Waals surface area contributed by atoms with Crippen molar-refractivity contribution in [3.8, 4) is 28.8 Å². The summed E-state index contributed by atoms with van der Waals surface area (Å²) in [6.45, 7) is 4.06. The molecule has 3 aromatic rings. The highest BCUT2D eigenvalue weighted by molar-refractivity contribution is 5.68. The number of rotatable bonds is 3. The zero-order chi connectivity index (χ0) is 16.4. The first kappa shape index (κ1) is 14.8. The summed E-state index contributed by atoms with van der Waals surface area (Å²) < 4.78 is 6.99. The minimum absolute atomic E-state index is 0.290. The molecule has 0 aliphatic heterocycles. The molecule has 0 saturated heterocycles. The van der Waals surface area contributed by atoms with Crippen molar-refractivity contribution < 1.29 is 4.74 Å². The Kier molecular flexibility index (Phi) is 3.82. The maximum Gasteiger partial charge on any atom is 0.191 e. The van der Waals surface area contributed by atoms with E-state index in [2.05, 4.69) is 22.4 Å². The predicted octanol–water partition coefficient (Wildman–Crippen LogP) is 3.43. The van der Waals surface area contributed by atoms with E-state index in [1.165, 1.54) is 5.56 Å². The molecule has 0 radical (unpaired) electrons. The van der Waals surface area contributed by atoms with Gasteiger partial charge in [0.1, 0.15) is 17.5 Å². The molecule has 0 spiro atoms. The van der Waals surface area contributed by atoms with Crippen LogP contribution in [0.15, 0.2) is 42.5 Å². The van der Waals surface area contributed by atoms with E-state index < -0.39 is 0 Å². The molecule has 1 heterocycles. The van der Waals surface area contributed by atoms with Crippen molar-refractivity contribution in [3.05, 3.63) is 59.3 Å². The van der Waals surface area contributed by atoms with E-state index in [1.54, 1.807) is 11.8 Å². The quantitative estimate of drug-likeness (QED) is 0.743. The summed E-state index contributed by atoms with van der Waals surface area (Å²) in [4.78, 5) is 0. The lowest BCUT2D eigenvalue weighted by Gasteiger charge is -2.11. The van der Waals surface area contributed by atoms with E-state index >= 15 is 0 Å². The second kappa shape index (κ2) is 5.93. The molecule has 0 fully saturated rings. The summed E-state index contributed by atoms with van der Waals surface area (Å²) in [7, 11) is 1.62. The molecule has 5 nitrogen and oxygen atoms in total. The van der Waals surface area contributed by atoms with Crippen LogP contribution >= 0.6 is 0 Å². The normalized spacial score (nSPS) is 10.3. The molecule has 0 amide bonds. The highest BCUT2D eigenvalue weighted by atomic mass is 16.5. The third-order valence-corrected chi connectivity index (χ3v) is 3.70. The van der Waals surface area contributed by atoms with Crippen LogP contribution in [-0.2, 0) is 0 Å². The first-order valence-electron chi connectivity index (χ1n) is 7.22. The topological polar surface area (TPSA) is 63.7 Å². The Hall–Kier alpha value is -3.13. The molecule has 3 rings (SSSR count). The van der Waals surface area contributed by atoms with Gasteiger partial charge >= 0.3 is 0 Å². The largest absolute Gasteiger partial charge is 0.497 e. The minimum atomic E-state index is 0.290. The fraction of sp³-hybridized carbons (Fsp3) is 0.167. The van der Waals surface area contributed by atoms with Crippen molar-refractivity contribution in [2.75, 3.05) is 7.11 Å². The van der Waals surface area contributed by atoms with Gasteiger partial charge in [-0.3, -0.25) is 0 Å². The predicted molar refractivity (Wildman–Crippen MR) is 87.5 cm³/mol. The Morgan fingerprint density at radius 3 is 2.65 bits per heavy atom. The van der Waals surface area contributed by atoms with Crippen molar-refractivity contribution in [1.82, 2.24) is 15.0 Å². The molecule has 0 atom stereocenters. The number of ether oxygens (including phenoxy) is 1. The zero-order valence-electron chi connectivity index (χ0n) is 13.2. The van der Waals surface area contributed by atoms with Crippen LogP contribution in [0.4, 0.5) is 0 Å². The number of hydrogen-bond donors (Lipinski definition) is 0. The summed E-state index contributed by atoms with van der Waals surface area (Å²) >= 11 is 0. The Bertz CT molecular complexity index is 906. The summed E-state index contributed by atoms with van der Waals surface area (Å²) in [5.74, 6) is 0.722. The average molecular weight is 304 g/mol. The summed E-state index contributed by atoms with van der Waals surface area (Å²) in [5, 5.41) is 17.6. The van der Waals surface area contributed by atoms with Gasteiger partial charge < -0.3 is 4.74 Å². The standard InChI is InChI=1S/C18H16N4O/c1-12-7-8-17(13(2)9-12)22-18(16(11-19)20-21-22)14-5-4-6-15(10-14)23-3/h4-10H,1-3H3. The average Bonchev–Trinajstić information content (AvgIpc) is 2.98. The van der Waals surface area contributed by atoms with Gasteiger partial charge in [-0.1, -0.05) is 35.0 Å². The second-order valence-electron chi connectivity index (χ2n) is 5.33. The van der Waals surface area contributed by atoms with Gasteiger partial charge in [-0.15, -0.1) is 5.10 Å². The van der Waals surface area contributed by atoms with Gasteiger partial charge in [0.2, 0.25) is 0 Å². The number of nitriles is 1. The lowest BCUT2D eigenvalue weighted by molar-refractivity contribution is 0.415. The second-order valence-corrected chi connectivity index (χ2v) is 5.33. The molecular formula is C18H16N4O. The molecule has 0 bridgehead atoms. The highest BCUT2D eigenvalue weighted by Gasteiger charge is 2.17. The zero-order valence-corrected chi connectivity index (χ0v) is 13.2. The van der Waals surface area contributed by atoms with Crippen LogP contribution in [0, 0.1) is 25.2 Å². The van der Waals surface area contributed by atoms with Crippen LogP contribution in [0.3, 0.4) is 0 Å². The molecule has 23 heavy (non-hydrogen) atoms. The number of aromatic nitrogens is 3. The first-order valence-corrected chi connectivity index (χ1v) is 7.22. The molecule has 2 aromatic carbocycles. The Morgan fingerprint density at radius 2 is 1.96 bits per heavy atom. The minimum Gasteiger partial charge on any atom is -0.497 e. The summed E-state index contributed by atoms with van der Waals surface area (Å²) in [5.41, 5.74) is 4.95. The van der Waals surface area contributed by atoms with Crippen LogP contribution in [0.1, 0.15) is 16.8 Å². The van der Waals surface area contributed by atoms with Gasteiger partial charge in [-0.05, 0) is 37.6 Å². The van der Waals surface area contributed by atoms with E-state index in [0.29, 0.717) is 11.4 Å². The van der Waals surface area contributed by atoms with Gasteiger partial charge in [-0.25, -0.2) is 4.68 Å². The fourth-order valence-electron chi connectivity index (χ4n) is 2.60. The molecule has 0 aliphatic rings. The lowest BCUT2D eigenvalue weighted by Crippen LogP contribution is -2.02. The highest BCUT2D eigenvalue weighted by Crippen LogP contribution is 2.29. The van der Waals surface area contributed by atoms with Crippen LogP contribution in [0.25, 0.3) is 16.9 Å². The Morgan fingerprint density at radius 1 is 1.13 bits per heavy atom. The third kappa shape index (κ3) is 2.67. The number of benzene rings is 2. The van der Waals surface area contributed by atoms with Crippen molar-refractivity contribution in [1.29, 1.82) is 5.26 Å². The lowest BCUT2D eigenvalue weighted by atomic mass is 10.1. The van der Waals surface area contributed by atoms with Crippen LogP contribution in [0.2, 0.25) is 0 Å². The maximum atomic E-state index is 9.38. The molecule has 114 valence electrons. The van der Waals surface area contributed by atoms with Gasteiger partial charge in [0.15, 0.2) is 5.69 Å². The Labute approximate surface area is 134 Å². The first-order chi connectivity index (χ1) is 11.1. The molecular weight excluding hydrogens is 288 g/mol. The van der Waals surface area contributed by atoms with E-state index in [-0.39, 0.29) is 0 Å². The Balaban J connectivity index is 2.24. The number of nitrogens with zero attached hydrogens (tertiary/aromatic N) is 4. The third-order valence-electron chi connectivity index (χ3n) is 3.70. The van der Waals surface area contributed by atoms with Crippen molar-refractivity contribution in [2.24, 2.45) is 0 Å². The van der Waals surface area contributed by atoms with Crippen molar-refractivity contribution in [2.45, 2.75) is 13.8 Å². The van der Waals surface area contributed by atoms with Crippen LogP contribution in [-0.4, -0.2) is 22.1 Å². The van der Waals surface area contributed by atoms with Crippen LogP contribution in [0.5, 0.6) is 5.75 Å². The van der Waals surface area contributed by atoms with Crippen molar-refractivity contribution in [3.63, 3.8) is 0 Å². The van der Waals surface area contributed by atoms with Gasteiger partial charge in [0.05, 0.1) is 12.8 Å². The SMILES string of the molecule is COc1cccc(-c2c(C#N)nnn2-c2ccc(C)cc2C)c1. The molecule has 5 heteroatoms. The van der Waals surface area contributed by atoms with Gasteiger partial charge in [-0.2, -0.15) is 5.26 Å². The number of aryl methyl sites for hydroxylation is 2. The van der Waals surface area contributed by atoms with E-state index in [1.807, 2.05) is 50.2 Å². The number of hydrogen-bond acceptors (Lipinski definition) is 4. The van der Waals surface area contributed by atoms with Gasteiger partial charge in [0, 0.05) is 5.56 Å². The summed E-state index contributed by atoms with van der Waals surface area (Å²) in [6, 6.07) is 15.7. The van der Waals surface area contributed by atoms with Crippen molar-refractivity contribution >= 4 is 0 Å². The van der Waals surface area contributed by atoms with E-state index in [4.69, 9.17) is 4.74 Å². The fourth-order valence-corrected chi connectivity index (χ4v) is 2.60. The summed E-state index contributed by atoms with van der Waals surface area (Å²) in [6.07, 6.45) is 0.